The Morgan fingerprint density at radius 2 is 2.00 bits per heavy atom. The molecule has 4 nitrogen and oxygen atoms in total. The number of dihydropyridines is 1. The largest absolute Gasteiger partial charge is 0.494 e. The van der Waals surface area contributed by atoms with Crippen molar-refractivity contribution >= 4 is 50.5 Å². The highest BCUT2D eigenvalue weighted by Gasteiger charge is 2.32. The van der Waals surface area contributed by atoms with E-state index in [4.69, 9.17) is 9.72 Å². The summed E-state index contributed by atoms with van der Waals surface area (Å²) in [5, 5.41) is 0. The van der Waals surface area contributed by atoms with Gasteiger partial charge in [0.15, 0.2) is 4.34 Å². The number of thiazole rings is 1. The molecule has 3 aromatic rings. The number of aliphatic imine (C=N–C) groups is 1. The lowest BCUT2D eigenvalue weighted by molar-refractivity contribution is -0.113. The van der Waals surface area contributed by atoms with Crippen LogP contribution in [0.3, 0.4) is 0 Å². The van der Waals surface area contributed by atoms with Crippen molar-refractivity contribution in [2.24, 2.45) is 10.9 Å². The van der Waals surface area contributed by atoms with Gasteiger partial charge < -0.3 is 4.74 Å². The van der Waals surface area contributed by atoms with Crippen LogP contribution >= 0.6 is 23.1 Å². The van der Waals surface area contributed by atoms with Gasteiger partial charge in [-0.05, 0) is 42.3 Å². The van der Waals surface area contributed by atoms with Gasteiger partial charge in [0.05, 0.1) is 27.4 Å². The van der Waals surface area contributed by atoms with Gasteiger partial charge in [-0.2, -0.15) is 0 Å². The van der Waals surface area contributed by atoms with Gasteiger partial charge in [0.25, 0.3) is 5.91 Å². The second-order valence-electron chi connectivity index (χ2n) is 6.82. The third-order valence-corrected chi connectivity index (χ3v) is 7.08. The maximum absolute atomic E-state index is 13.0. The van der Waals surface area contributed by atoms with Crippen LogP contribution < -0.4 is 4.74 Å². The summed E-state index contributed by atoms with van der Waals surface area (Å²) in [5.74, 6) is 0.590. The molecule has 30 heavy (non-hydrogen) atoms. The van der Waals surface area contributed by atoms with E-state index < -0.39 is 0 Å². The number of thioether (sulfide) groups is 1. The number of hydrogen-bond acceptors (Lipinski definition) is 5. The van der Waals surface area contributed by atoms with Crippen LogP contribution in [0.15, 0.2) is 87.1 Å². The number of aromatic nitrogens is 1. The number of carbonyl (C=O) groups excluding carboxylic acids is 1. The van der Waals surface area contributed by atoms with E-state index in [1.165, 1.54) is 11.8 Å². The van der Waals surface area contributed by atoms with Crippen molar-refractivity contribution in [3.05, 3.63) is 83.3 Å². The Labute approximate surface area is 182 Å². The van der Waals surface area contributed by atoms with Gasteiger partial charge in [0.2, 0.25) is 0 Å². The highest BCUT2D eigenvalue weighted by atomic mass is 32.2. The Bertz CT molecular complexity index is 1250. The normalized spacial score (nSPS) is 18.0. The van der Waals surface area contributed by atoms with Gasteiger partial charge >= 0.3 is 0 Å². The lowest BCUT2D eigenvalue weighted by Gasteiger charge is -2.25. The summed E-state index contributed by atoms with van der Waals surface area (Å²) >= 11 is 2.97. The lowest BCUT2D eigenvalue weighted by atomic mass is 9.84. The van der Waals surface area contributed by atoms with Crippen LogP contribution in [0.1, 0.15) is 12.5 Å². The topological polar surface area (TPSA) is 51.6 Å². The second kappa shape index (κ2) is 8.05. The molecule has 1 aliphatic carbocycles. The number of carbonyl (C=O) groups is 1. The lowest BCUT2D eigenvalue weighted by Crippen LogP contribution is -2.23. The Morgan fingerprint density at radius 1 is 1.13 bits per heavy atom. The van der Waals surface area contributed by atoms with Crippen molar-refractivity contribution in [3.63, 3.8) is 0 Å². The molecule has 2 heterocycles. The molecule has 0 bridgehead atoms. The Kier molecular flexibility index (Phi) is 5.11. The number of benzene rings is 2. The predicted octanol–water partition coefficient (Wildman–Crippen LogP) is 5.92. The SMILES string of the molecule is CCOc1ccc2nc(SC3=C(c4ccccc4)C4C=CC=CC4=NC3=O)sc2c1. The van der Waals surface area contributed by atoms with Crippen molar-refractivity contribution in [2.45, 2.75) is 11.3 Å². The minimum atomic E-state index is -0.209. The molecule has 1 aliphatic heterocycles. The molecule has 0 spiro atoms. The maximum Gasteiger partial charge on any atom is 0.284 e. The maximum atomic E-state index is 13.0. The second-order valence-corrected chi connectivity index (χ2v) is 9.10. The summed E-state index contributed by atoms with van der Waals surface area (Å²) in [7, 11) is 0. The summed E-state index contributed by atoms with van der Waals surface area (Å²) in [6.45, 7) is 2.59. The Morgan fingerprint density at radius 3 is 2.83 bits per heavy atom. The zero-order valence-electron chi connectivity index (χ0n) is 16.2. The number of nitrogens with zero attached hydrogens (tertiary/aromatic N) is 2. The van der Waals surface area contributed by atoms with Crippen LogP contribution in [-0.2, 0) is 4.79 Å². The smallest absolute Gasteiger partial charge is 0.284 e. The van der Waals surface area contributed by atoms with E-state index in [9.17, 15) is 4.79 Å². The van der Waals surface area contributed by atoms with Crippen LogP contribution in [0.25, 0.3) is 15.8 Å². The molecule has 2 aliphatic rings. The van der Waals surface area contributed by atoms with Crippen molar-refractivity contribution in [1.82, 2.24) is 4.98 Å². The van der Waals surface area contributed by atoms with Crippen molar-refractivity contribution in [1.29, 1.82) is 0 Å². The molecule has 0 saturated heterocycles. The van der Waals surface area contributed by atoms with E-state index in [0.717, 1.165) is 37.2 Å². The molecule has 1 aromatic heterocycles. The summed E-state index contributed by atoms with van der Waals surface area (Å²) in [4.78, 5) is 22.8. The summed E-state index contributed by atoms with van der Waals surface area (Å²) < 4.78 is 7.46. The zero-order valence-corrected chi connectivity index (χ0v) is 17.9. The molecule has 148 valence electrons. The average Bonchev–Trinajstić information content (AvgIpc) is 3.17. The van der Waals surface area contributed by atoms with Gasteiger partial charge in [0.1, 0.15) is 5.75 Å². The minimum Gasteiger partial charge on any atom is -0.494 e. The van der Waals surface area contributed by atoms with Crippen LogP contribution in [-0.4, -0.2) is 23.2 Å². The first-order valence-corrected chi connectivity index (χ1v) is 11.3. The van der Waals surface area contributed by atoms with Crippen molar-refractivity contribution in [2.75, 3.05) is 6.61 Å². The fourth-order valence-corrected chi connectivity index (χ4v) is 5.82. The van der Waals surface area contributed by atoms with Crippen LogP contribution in [0.2, 0.25) is 0 Å². The van der Waals surface area contributed by atoms with Gasteiger partial charge in [-0.3, -0.25) is 4.79 Å². The van der Waals surface area contributed by atoms with Crippen molar-refractivity contribution < 1.29 is 9.53 Å². The number of allylic oxidation sites excluding steroid dienone is 5. The standard InChI is InChI=1S/C24H18N2O2S2/c1-2-28-16-12-13-19-20(14-16)29-24(26-19)30-22-21(15-8-4-3-5-9-15)17-10-6-7-11-18(17)25-23(22)27/h3-14,17H,2H2,1H3. The molecule has 1 unspecified atom stereocenters. The Hall–Kier alpha value is -2.96. The number of rotatable bonds is 5. The third kappa shape index (κ3) is 3.53. The summed E-state index contributed by atoms with van der Waals surface area (Å²) in [5.41, 5.74) is 3.72. The van der Waals surface area contributed by atoms with Gasteiger partial charge in [-0.1, -0.05) is 60.3 Å². The van der Waals surface area contributed by atoms with E-state index >= 15 is 0 Å². The molecule has 5 rings (SSSR count). The molecule has 2 aromatic carbocycles. The summed E-state index contributed by atoms with van der Waals surface area (Å²) in [6.07, 6.45) is 7.95. The molecule has 0 N–H and O–H groups in total. The molecule has 0 fully saturated rings. The average molecular weight is 431 g/mol. The highest BCUT2D eigenvalue weighted by molar-refractivity contribution is 8.05. The number of amides is 1. The summed E-state index contributed by atoms with van der Waals surface area (Å²) in [6, 6.07) is 16.0. The number of hydrogen-bond donors (Lipinski definition) is 0. The van der Waals surface area contributed by atoms with Crippen LogP contribution in [0.5, 0.6) is 5.75 Å². The first kappa shape index (κ1) is 19.0. The monoisotopic (exact) mass is 430 g/mol. The van der Waals surface area contributed by atoms with E-state index in [1.807, 2.05) is 73.7 Å². The minimum absolute atomic E-state index is 0.0310. The molecule has 6 heteroatoms. The quantitative estimate of drug-likeness (QED) is 0.504. The zero-order chi connectivity index (χ0) is 20.5. The van der Waals surface area contributed by atoms with Crippen molar-refractivity contribution in [3.8, 4) is 5.75 Å². The highest BCUT2D eigenvalue weighted by Crippen LogP contribution is 2.44. The van der Waals surface area contributed by atoms with Crippen LogP contribution in [0, 0.1) is 5.92 Å². The Balaban J connectivity index is 1.59. The van der Waals surface area contributed by atoms with Gasteiger partial charge in [-0.15, -0.1) is 11.3 Å². The fraction of sp³-hybridized carbons (Fsp3) is 0.125. The van der Waals surface area contributed by atoms with Gasteiger partial charge in [-0.25, -0.2) is 9.98 Å². The first-order chi connectivity index (χ1) is 14.7. The van der Waals surface area contributed by atoms with E-state index in [0.29, 0.717) is 11.5 Å². The van der Waals surface area contributed by atoms with Gasteiger partial charge in [0, 0.05) is 5.92 Å². The van der Waals surface area contributed by atoms with Crippen LogP contribution in [0.4, 0.5) is 0 Å². The van der Waals surface area contributed by atoms with E-state index in [-0.39, 0.29) is 11.8 Å². The fourth-order valence-electron chi connectivity index (χ4n) is 3.61. The molecule has 0 radical (unpaired) electrons. The van der Waals surface area contributed by atoms with E-state index in [2.05, 4.69) is 11.1 Å². The molecular weight excluding hydrogens is 412 g/mol. The molecule has 0 saturated carbocycles. The first-order valence-electron chi connectivity index (χ1n) is 9.71. The molecular formula is C24H18N2O2S2. The third-order valence-electron chi connectivity index (χ3n) is 4.91. The molecule has 1 atom stereocenters. The number of ether oxygens (including phenoxy) is 1. The van der Waals surface area contributed by atoms with E-state index in [1.54, 1.807) is 11.3 Å². The molecule has 1 amide bonds. The number of fused-ring (bicyclic) bond motifs is 2. The predicted molar refractivity (Wildman–Crippen MR) is 124 cm³/mol.